The molecule has 0 unspecified atom stereocenters. The fourth-order valence-electron chi connectivity index (χ4n) is 1.28. The largest absolute Gasteiger partial charge is 0.493 e. The van der Waals surface area contributed by atoms with E-state index in [1.54, 1.807) is 0 Å². The lowest BCUT2D eigenvalue weighted by atomic mass is 10.1. The van der Waals surface area contributed by atoms with Gasteiger partial charge >= 0.3 is 0 Å². The topological polar surface area (TPSA) is 26.3 Å². The van der Waals surface area contributed by atoms with E-state index >= 15 is 0 Å². The van der Waals surface area contributed by atoms with Crippen LogP contribution in [-0.2, 0) is 11.2 Å². The van der Waals surface area contributed by atoms with Gasteiger partial charge in [0.05, 0.1) is 6.61 Å². The molecule has 0 N–H and O–H groups in total. The summed E-state index contributed by atoms with van der Waals surface area (Å²) in [6.07, 6.45) is 2.00. The molecular formula is C12H14F2O2. The minimum atomic E-state index is -0.737. The van der Waals surface area contributed by atoms with E-state index in [1.807, 2.05) is 6.92 Å². The van der Waals surface area contributed by atoms with E-state index in [4.69, 9.17) is 4.74 Å². The number of unbranched alkanes of at least 4 members (excludes halogenated alkanes) is 1. The summed E-state index contributed by atoms with van der Waals surface area (Å²) in [6, 6.07) is 2.22. The molecule has 0 aliphatic carbocycles. The van der Waals surface area contributed by atoms with Crippen LogP contribution in [-0.4, -0.2) is 12.9 Å². The molecule has 16 heavy (non-hydrogen) atoms. The van der Waals surface area contributed by atoms with Gasteiger partial charge in [0.15, 0.2) is 0 Å². The number of carbonyl (C=O) groups is 1. The SMILES string of the molecule is CCCCOc1cc(F)c(CC=O)c(F)c1. The average molecular weight is 228 g/mol. The van der Waals surface area contributed by atoms with Crippen LogP contribution in [0.2, 0.25) is 0 Å². The van der Waals surface area contributed by atoms with E-state index in [9.17, 15) is 13.6 Å². The van der Waals surface area contributed by atoms with Crippen molar-refractivity contribution in [3.8, 4) is 5.75 Å². The van der Waals surface area contributed by atoms with Crippen molar-refractivity contribution >= 4 is 6.29 Å². The molecule has 0 atom stereocenters. The quantitative estimate of drug-likeness (QED) is 0.552. The van der Waals surface area contributed by atoms with Gasteiger partial charge in [-0.15, -0.1) is 0 Å². The molecule has 0 amide bonds. The van der Waals surface area contributed by atoms with Crippen molar-refractivity contribution in [3.05, 3.63) is 29.3 Å². The van der Waals surface area contributed by atoms with Gasteiger partial charge in [0.2, 0.25) is 0 Å². The van der Waals surface area contributed by atoms with Crippen molar-refractivity contribution in [1.82, 2.24) is 0 Å². The number of hydrogen-bond acceptors (Lipinski definition) is 2. The molecule has 0 saturated carbocycles. The zero-order valence-electron chi connectivity index (χ0n) is 9.13. The Bertz CT molecular complexity index is 341. The fourth-order valence-corrected chi connectivity index (χ4v) is 1.28. The first-order valence-electron chi connectivity index (χ1n) is 5.23. The minimum Gasteiger partial charge on any atom is -0.493 e. The molecule has 88 valence electrons. The fraction of sp³-hybridized carbons (Fsp3) is 0.417. The third kappa shape index (κ3) is 3.29. The van der Waals surface area contributed by atoms with Crippen molar-refractivity contribution in [3.63, 3.8) is 0 Å². The number of benzene rings is 1. The Hall–Kier alpha value is -1.45. The molecule has 1 rings (SSSR count). The van der Waals surface area contributed by atoms with Gasteiger partial charge in [-0.2, -0.15) is 0 Å². The maximum atomic E-state index is 13.3. The first-order chi connectivity index (χ1) is 7.69. The van der Waals surface area contributed by atoms with Crippen LogP contribution in [0.3, 0.4) is 0 Å². The number of rotatable bonds is 6. The lowest BCUT2D eigenvalue weighted by Gasteiger charge is -2.08. The van der Waals surface area contributed by atoms with E-state index < -0.39 is 11.6 Å². The molecule has 0 heterocycles. The smallest absolute Gasteiger partial charge is 0.133 e. The van der Waals surface area contributed by atoms with Crippen LogP contribution in [0.4, 0.5) is 8.78 Å². The number of carbonyl (C=O) groups excluding carboxylic acids is 1. The highest BCUT2D eigenvalue weighted by atomic mass is 19.1. The standard InChI is InChI=1S/C12H14F2O2/c1-2-3-6-16-9-7-11(13)10(4-5-15)12(14)8-9/h5,7-8H,2-4,6H2,1H3. The Balaban J connectivity index is 2.78. The van der Waals surface area contributed by atoms with Crippen LogP contribution < -0.4 is 4.74 Å². The van der Waals surface area contributed by atoms with E-state index in [0.717, 1.165) is 25.0 Å². The highest BCUT2D eigenvalue weighted by molar-refractivity contribution is 5.55. The Kier molecular flexibility index (Phi) is 4.89. The molecule has 1 aromatic carbocycles. The van der Waals surface area contributed by atoms with E-state index in [2.05, 4.69) is 0 Å². The molecule has 0 bridgehead atoms. The zero-order chi connectivity index (χ0) is 12.0. The zero-order valence-corrected chi connectivity index (χ0v) is 9.13. The van der Waals surface area contributed by atoms with E-state index in [-0.39, 0.29) is 17.7 Å². The number of hydrogen-bond donors (Lipinski definition) is 0. The van der Waals surface area contributed by atoms with Crippen LogP contribution in [0.15, 0.2) is 12.1 Å². The first-order valence-corrected chi connectivity index (χ1v) is 5.23. The monoisotopic (exact) mass is 228 g/mol. The van der Waals surface area contributed by atoms with E-state index in [0.29, 0.717) is 12.9 Å². The Labute approximate surface area is 93.2 Å². The Morgan fingerprint density at radius 1 is 1.31 bits per heavy atom. The van der Waals surface area contributed by atoms with Crippen LogP contribution in [0.1, 0.15) is 25.3 Å². The van der Waals surface area contributed by atoms with Crippen molar-refractivity contribution in [2.75, 3.05) is 6.61 Å². The first kappa shape index (κ1) is 12.6. The van der Waals surface area contributed by atoms with Gasteiger partial charge in [0, 0.05) is 24.1 Å². The van der Waals surface area contributed by atoms with Crippen LogP contribution in [0.5, 0.6) is 5.75 Å². The summed E-state index contributed by atoms with van der Waals surface area (Å²) in [5, 5.41) is 0. The third-order valence-corrected chi connectivity index (χ3v) is 2.17. The van der Waals surface area contributed by atoms with Crippen molar-refractivity contribution < 1.29 is 18.3 Å². The normalized spacial score (nSPS) is 10.2. The molecular weight excluding hydrogens is 214 g/mol. The summed E-state index contributed by atoms with van der Waals surface area (Å²) in [7, 11) is 0. The maximum absolute atomic E-state index is 13.3. The third-order valence-electron chi connectivity index (χ3n) is 2.17. The van der Waals surface area contributed by atoms with Gasteiger partial charge in [-0.25, -0.2) is 8.78 Å². The molecule has 0 aromatic heterocycles. The summed E-state index contributed by atoms with van der Waals surface area (Å²) in [5.74, 6) is -1.31. The van der Waals surface area contributed by atoms with Crippen molar-refractivity contribution in [1.29, 1.82) is 0 Å². The number of aldehydes is 1. The lowest BCUT2D eigenvalue weighted by molar-refractivity contribution is -0.107. The second-order valence-electron chi connectivity index (χ2n) is 3.44. The molecule has 0 radical (unpaired) electrons. The molecule has 0 aliphatic heterocycles. The van der Waals surface area contributed by atoms with Gasteiger partial charge < -0.3 is 9.53 Å². The Morgan fingerprint density at radius 2 is 1.94 bits per heavy atom. The summed E-state index contributed by atoms with van der Waals surface area (Å²) in [5.41, 5.74) is -0.210. The van der Waals surface area contributed by atoms with Gasteiger partial charge in [-0.05, 0) is 6.42 Å². The predicted octanol–water partition coefficient (Wildman–Crippen LogP) is 2.89. The van der Waals surface area contributed by atoms with Crippen LogP contribution >= 0.6 is 0 Å². The second kappa shape index (κ2) is 6.20. The molecule has 0 aliphatic rings. The van der Waals surface area contributed by atoms with Crippen LogP contribution in [0.25, 0.3) is 0 Å². The Morgan fingerprint density at radius 3 is 2.44 bits per heavy atom. The highest BCUT2D eigenvalue weighted by Crippen LogP contribution is 2.21. The van der Waals surface area contributed by atoms with Crippen LogP contribution in [0, 0.1) is 11.6 Å². The summed E-state index contributed by atoms with van der Waals surface area (Å²) in [4.78, 5) is 10.2. The van der Waals surface area contributed by atoms with Gasteiger partial charge in [-0.1, -0.05) is 13.3 Å². The maximum Gasteiger partial charge on any atom is 0.133 e. The molecule has 4 heteroatoms. The molecule has 0 fully saturated rings. The lowest BCUT2D eigenvalue weighted by Crippen LogP contribution is -2.01. The van der Waals surface area contributed by atoms with Crippen molar-refractivity contribution in [2.45, 2.75) is 26.2 Å². The van der Waals surface area contributed by atoms with Gasteiger partial charge in [0.1, 0.15) is 23.7 Å². The number of halogens is 2. The van der Waals surface area contributed by atoms with Gasteiger partial charge in [0.25, 0.3) is 0 Å². The van der Waals surface area contributed by atoms with Crippen molar-refractivity contribution in [2.24, 2.45) is 0 Å². The molecule has 2 nitrogen and oxygen atoms in total. The predicted molar refractivity (Wildman–Crippen MR) is 56.5 cm³/mol. The summed E-state index contributed by atoms with van der Waals surface area (Å²) in [6.45, 7) is 2.43. The number of ether oxygens (including phenoxy) is 1. The van der Waals surface area contributed by atoms with E-state index in [1.165, 1.54) is 0 Å². The molecule has 0 saturated heterocycles. The highest BCUT2D eigenvalue weighted by Gasteiger charge is 2.11. The summed E-state index contributed by atoms with van der Waals surface area (Å²) < 4.78 is 31.8. The van der Waals surface area contributed by atoms with Gasteiger partial charge in [-0.3, -0.25) is 0 Å². The second-order valence-corrected chi connectivity index (χ2v) is 3.44. The molecule has 1 aromatic rings. The minimum absolute atomic E-state index is 0.165. The molecule has 0 spiro atoms. The summed E-state index contributed by atoms with van der Waals surface area (Å²) >= 11 is 0. The average Bonchev–Trinajstić information content (AvgIpc) is 2.24.